The second-order valence-corrected chi connectivity index (χ2v) is 10.5. The van der Waals surface area contributed by atoms with E-state index in [9.17, 15) is 16.8 Å². The molecule has 0 aliphatic carbocycles. The van der Waals surface area contributed by atoms with Gasteiger partial charge in [0.1, 0.15) is 11.5 Å². The minimum atomic E-state index is -3.94. The van der Waals surface area contributed by atoms with Crippen molar-refractivity contribution in [1.29, 1.82) is 0 Å². The minimum absolute atomic E-state index is 0.0449. The molecule has 0 amide bonds. The van der Waals surface area contributed by atoms with E-state index in [1.54, 1.807) is 18.2 Å². The van der Waals surface area contributed by atoms with Crippen molar-refractivity contribution in [3.05, 3.63) is 71.2 Å². The first-order chi connectivity index (χ1) is 15.1. The highest BCUT2D eigenvalue weighted by molar-refractivity contribution is 7.93. The molecule has 2 N–H and O–H groups in total. The standard InChI is InChI=1S/C21H21ClN2O6S2/c1-14-4-10-21(30-3)19(12-14)24-31(25,26)16-7-5-15(6-8-16)23-32(27,28)17-9-11-20(29-2)18(22)13-17/h4-13,23-24H,1-3H3. The predicted octanol–water partition coefficient (Wildman–Crippen LogP) is 4.27. The number of sulfonamides is 2. The fraction of sp³-hybridized carbons (Fsp3) is 0.143. The van der Waals surface area contributed by atoms with Gasteiger partial charge in [0, 0.05) is 5.69 Å². The van der Waals surface area contributed by atoms with E-state index >= 15 is 0 Å². The summed E-state index contributed by atoms with van der Waals surface area (Å²) >= 11 is 6.01. The summed E-state index contributed by atoms with van der Waals surface area (Å²) in [4.78, 5) is -0.107. The first-order valence-corrected chi connectivity index (χ1v) is 12.5. The van der Waals surface area contributed by atoms with Crippen molar-refractivity contribution in [2.24, 2.45) is 0 Å². The van der Waals surface area contributed by atoms with Gasteiger partial charge in [0.05, 0.1) is 34.7 Å². The van der Waals surface area contributed by atoms with Crippen LogP contribution in [0.15, 0.2) is 70.5 Å². The maximum atomic E-state index is 12.8. The lowest BCUT2D eigenvalue weighted by Gasteiger charge is -2.13. The first-order valence-electron chi connectivity index (χ1n) is 9.19. The Kier molecular flexibility index (Phi) is 6.87. The van der Waals surface area contributed by atoms with Crippen LogP contribution in [0.3, 0.4) is 0 Å². The SMILES string of the molecule is COc1ccc(S(=O)(=O)Nc2ccc(S(=O)(=O)Nc3cc(C)ccc3OC)cc2)cc1Cl. The van der Waals surface area contributed by atoms with Gasteiger partial charge in [-0.25, -0.2) is 16.8 Å². The molecular formula is C21H21ClN2O6S2. The largest absolute Gasteiger partial charge is 0.495 e. The Labute approximate surface area is 192 Å². The molecule has 0 aliphatic rings. The van der Waals surface area contributed by atoms with Crippen LogP contribution in [0.25, 0.3) is 0 Å². The molecule has 32 heavy (non-hydrogen) atoms. The van der Waals surface area contributed by atoms with Gasteiger partial charge in [0.2, 0.25) is 0 Å². The number of aryl methyl sites for hydroxylation is 1. The zero-order valence-corrected chi connectivity index (χ0v) is 19.8. The molecule has 11 heteroatoms. The second-order valence-electron chi connectivity index (χ2n) is 6.74. The number of hydrogen-bond donors (Lipinski definition) is 2. The summed E-state index contributed by atoms with van der Waals surface area (Å²) in [7, 11) is -5.00. The molecule has 170 valence electrons. The maximum Gasteiger partial charge on any atom is 0.262 e. The van der Waals surface area contributed by atoms with Gasteiger partial charge in [-0.15, -0.1) is 0 Å². The van der Waals surface area contributed by atoms with Crippen LogP contribution < -0.4 is 18.9 Å². The number of methoxy groups -OCH3 is 2. The molecule has 0 radical (unpaired) electrons. The number of rotatable bonds is 8. The van der Waals surface area contributed by atoms with Crippen molar-refractivity contribution < 1.29 is 26.3 Å². The van der Waals surface area contributed by atoms with E-state index < -0.39 is 20.0 Å². The van der Waals surface area contributed by atoms with Crippen molar-refractivity contribution in [3.63, 3.8) is 0 Å². The molecule has 8 nitrogen and oxygen atoms in total. The number of nitrogens with one attached hydrogen (secondary N) is 2. The molecule has 0 heterocycles. The molecule has 0 unspecified atom stereocenters. The van der Waals surface area contributed by atoms with E-state index in [0.717, 1.165) is 5.56 Å². The van der Waals surface area contributed by atoms with Crippen molar-refractivity contribution in [2.75, 3.05) is 23.7 Å². The fourth-order valence-electron chi connectivity index (χ4n) is 2.84. The quantitative estimate of drug-likeness (QED) is 0.482. The molecule has 3 aromatic rings. The molecule has 0 saturated heterocycles. The summed E-state index contributed by atoms with van der Waals surface area (Å²) in [6.07, 6.45) is 0. The average molecular weight is 497 g/mol. The smallest absolute Gasteiger partial charge is 0.262 e. The zero-order chi connectivity index (χ0) is 23.5. The van der Waals surface area contributed by atoms with Crippen LogP contribution in [0, 0.1) is 6.92 Å². The van der Waals surface area contributed by atoms with E-state index in [4.69, 9.17) is 21.1 Å². The Morgan fingerprint density at radius 1 is 0.719 bits per heavy atom. The Morgan fingerprint density at radius 3 is 1.88 bits per heavy atom. The second kappa shape index (κ2) is 9.27. The third-order valence-corrected chi connectivity index (χ3v) is 7.51. The van der Waals surface area contributed by atoms with Crippen molar-refractivity contribution in [1.82, 2.24) is 0 Å². The molecule has 3 rings (SSSR count). The molecule has 0 atom stereocenters. The number of halogens is 1. The molecule has 0 saturated carbocycles. The van der Waals surface area contributed by atoms with Crippen LogP contribution in [0.5, 0.6) is 11.5 Å². The monoisotopic (exact) mass is 496 g/mol. The van der Waals surface area contributed by atoms with Gasteiger partial charge in [-0.1, -0.05) is 17.7 Å². The van der Waals surface area contributed by atoms with E-state index in [-0.39, 0.29) is 20.5 Å². The lowest BCUT2D eigenvalue weighted by Crippen LogP contribution is -2.15. The van der Waals surface area contributed by atoms with Gasteiger partial charge < -0.3 is 9.47 Å². The first kappa shape index (κ1) is 23.7. The molecule has 0 fully saturated rings. The topological polar surface area (TPSA) is 111 Å². The number of ether oxygens (including phenoxy) is 2. The maximum absolute atomic E-state index is 12.8. The zero-order valence-electron chi connectivity index (χ0n) is 17.4. The van der Waals surface area contributed by atoms with Gasteiger partial charge in [-0.3, -0.25) is 9.44 Å². The molecule has 0 bridgehead atoms. The minimum Gasteiger partial charge on any atom is -0.495 e. The van der Waals surface area contributed by atoms with Crippen molar-refractivity contribution in [2.45, 2.75) is 16.7 Å². The van der Waals surface area contributed by atoms with Crippen molar-refractivity contribution >= 4 is 43.0 Å². The average Bonchev–Trinajstić information content (AvgIpc) is 2.73. The summed E-state index contributed by atoms with van der Waals surface area (Å²) < 4.78 is 65.9. The molecule has 3 aromatic carbocycles. The molecule has 0 aromatic heterocycles. The third kappa shape index (κ3) is 5.26. The number of benzene rings is 3. The number of anilines is 2. The lowest BCUT2D eigenvalue weighted by molar-refractivity contribution is 0.414. The highest BCUT2D eigenvalue weighted by Crippen LogP contribution is 2.29. The Morgan fingerprint density at radius 2 is 1.28 bits per heavy atom. The summed E-state index contributed by atoms with van der Waals surface area (Å²) in [6, 6.07) is 14.5. The summed E-state index contributed by atoms with van der Waals surface area (Å²) in [5.41, 5.74) is 1.34. The van der Waals surface area contributed by atoms with E-state index in [2.05, 4.69) is 9.44 Å². The molecular weight excluding hydrogens is 476 g/mol. The van der Waals surface area contributed by atoms with Gasteiger partial charge in [-0.05, 0) is 67.1 Å². The summed E-state index contributed by atoms with van der Waals surface area (Å²) in [5.74, 6) is 0.722. The van der Waals surface area contributed by atoms with E-state index in [0.29, 0.717) is 17.2 Å². The van der Waals surface area contributed by atoms with Gasteiger partial charge in [0.25, 0.3) is 20.0 Å². The summed E-state index contributed by atoms with van der Waals surface area (Å²) in [5, 5.41) is 0.148. The van der Waals surface area contributed by atoms with Gasteiger partial charge in [-0.2, -0.15) is 0 Å². The molecule has 0 spiro atoms. The third-order valence-electron chi connectivity index (χ3n) is 4.45. The van der Waals surface area contributed by atoms with Crippen LogP contribution in [0.4, 0.5) is 11.4 Å². The van der Waals surface area contributed by atoms with Crippen molar-refractivity contribution in [3.8, 4) is 11.5 Å². The highest BCUT2D eigenvalue weighted by atomic mass is 35.5. The van der Waals surface area contributed by atoms with Crippen LogP contribution in [-0.2, 0) is 20.0 Å². The lowest BCUT2D eigenvalue weighted by atomic mass is 10.2. The fourth-order valence-corrected chi connectivity index (χ4v) is 5.30. The van der Waals surface area contributed by atoms with Gasteiger partial charge in [0.15, 0.2) is 0 Å². The Bertz CT molecular complexity index is 1340. The van der Waals surface area contributed by atoms with Crippen LogP contribution in [-0.4, -0.2) is 31.1 Å². The van der Waals surface area contributed by atoms with Crippen LogP contribution >= 0.6 is 11.6 Å². The van der Waals surface area contributed by atoms with Gasteiger partial charge >= 0.3 is 0 Å². The molecule has 0 aliphatic heterocycles. The van der Waals surface area contributed by atoms with Crippen LogP contribution in [0.2, 0.25) is 5.02 Å². The Balaban J connectivity index is 1.81. The highest BCUT2D eigenvalue weighted by Gasteiger charge is 2.19. The predicted molar refractivity (Wildman–Crippen MR) is 124 cm³/mol. The van der Waals surface area contributed by atoms with Crippen LogP contribution in [0.1, 0.15) is 5.56 Å². The normalized spacial score (nSPS) is 11.6. The summed E-state index contributed by atoms with van der Waals surface area (Å²) in [6.45, 7) is 1.83. The van der Waals surface area contributed by atoms with E-state index in [1.165, 1.54) is 56.7 Å². The van der Waals surface area contributed by atoms with E-state index in [1.807, 2.05) is 6.92 Å². The number of hydrogen-bond acceptors (Lipinski definition) is 6. The Hall–Kier alpha value is -2.95.